The molecule has 5 nitrogen and oxygen atoms in total. The Labute approximate surface area is 182 Å². The SMILES string of the molecule is COC(=O)c1c(NC(=O)C=Cc2ccc(OC)cc2)sc2c1CCC(C(C)(C)C)C2. The molecule has 0 fully saturated rings. The molecular weight excluding hydrogens is 398 g/mol. The molecule has 30 heavy (non-hydrogen) atoms. The fourth-order valence-corrected chi connectivity index (χ4v) is 5.09. The summed E-state index contributed by atoms with van der Waals surface area (Å²) in [5, 5.41) is 3.47. The van der Waals surface area contributed by atoms with Crippen LogP contribution in [0.5, 0.6) is 5.75 Å². The van der Waals surface area contributed by atoms with Gasteiger partial charge in [0.05, 0.1) is 19.8 Å². The summed E-state index contributed by atoms with van der Waals surface area (Å²) < 4.78 is 10.2. The number of anilines is 1. The van der Waals surface area contributed by atoms with Gasteiger partial charge in [-0.25, -0.2) is 4.79 Å². The van der Waals surface area contributed by atoms with Gasteiger partial charge in [0.2, 0.25) is 5.91 Å². The van der Waals surface area contributed by atoms with E-state index in [1.54, 1.807) is 13.2 Å². The molecule has 0 radical (unpaired) electrons. The summed E-state index contributed by atoms with van der Waals surface area (Å²) in [5.41, 5.74) is 2.63. The van der Waals surface area contributed by atoms with Crippen molar-refractivity contribution in [2.75, 3.05) is 19.5 Å². The van der Waals surface area contributed by atoms with Crippen LogP contribution in [0.3, 0.4) is 0 Å². The minimum Gasteiger partial charge on any atom is -0.497 e. The average molecular weight is 428 g/mol. The second-order valence-electron chi connectivity index (χ2n) is 8.60. The maximum Gasteiger partial charge on any atom is 0.341 e. The Morgan fingerprint density at radius 2 is 1.87 bits per heavy atom. The van der Waals surface area contributed by atoms with E-state index in [2.05, 4.69) is 26.1 Å². The van der Waals surface area contributed by atoms with E-state index < -0.39 is 5.97 Å². The van der Waals surface area contributed by atoms with Gasteiger partial charge in [-0.1, -0.05) is 32.9 Å². The molecule has 0 bridgehead atoms. The minimum atomic E-state index is -0.392. The highest BCUT2D eigenvalue weighted by atomic mass is 32.1. The predicted octanol–water partition coefficient (Wildman–Crippen LogP) is 5.35. The number of carbonyl (C=O) groups is 2. The summed E-state index contributed by atoms with van der Waals surface area (Å²) in [6.45, 7) is 6.76. The van der Waals surface area contributed by atoms with E-state index >= 15 is 0 Å². The summed E-state index contributed by atoms with van der Waals surface area (Å²) in [6.07, 6.45) is 5.98. The first-order valence-corrected chi connectivity index (χ1v) is 10.9. The maximum atomic E-state index is 12.5. The summed E-state index contributed by atoms with van der Waals surface area (Å²) in [6, 6.07) is 7.43. The van der Waals surface area contributed by atoms with Crippen LogP contribution in [0.2, 0.25) is 0 Å². The van der Waals surface area contributed by atoms with Gasteiger partial charge in [0, 0.05) is 11.0 Å². The number of hydrogen-bond donors (Lipinski definition) is 1. The molecule has 0 aliphatic heterocycles. The Morgan fingerprint density at radius 3 is 2.47 bits per heavy atom. The molecule has 2 aromatic rings. The topological polar surface area (TPSA) is 64.6 Å². The molecule has 1 amide bonds. The summed E-state index contributed by atoms with van der Waals surface area (Å²) in [4.78, 5) is 26.2. The van der Waals surface area contributed by atoms with E-state index in [0.29, 0.717) is 16.5 Å². The molecule has 1 aliphatic carbocycles. The Balaban J connectivity index is 1.81. The van der Waals surface area contributed by atoms with E-state index in [1.807, 2.05) is 24.3 Å². The zero-order valence-corrected chi connectivity index (χ0v) is 19.0. The first-order chi connectivity index (χ1) is 14.2. The minimum absolute atomic E-state index is 0.206. The van der Waals surface area contributed by atoms with Gasteiger partial charge in [-0.05, 0) is 59.9 Å². The highest BCUT2D eigenvalue weighted by molar-refractivity contribution is 7.17. The van der Waals surface area contributed by atoms with Crippen LogP contribution < -0.4 is 10.1 Å². The molecule has 160 valence electrons. The van der Waals surface area contributed by atoms with Gasteiger partial charge in [-0.2, -0.15) is 0 Å². The van der Waals surface area contributed by atoms with E-state index in [-0.39, 0.29) is 11.3 Å². The van der Waals surface area contributed by atoms with Gasteiger partial charge in [0.1, 0.15) is 10.8 Å². The molecule has 0 spiro atoms. The van der Waals surface area contributed by atoms with Crippen molar-refractivity contribution in [1.82, 2.24) is 0 Å². The number of esters is 1. The predicted molar refractivity (Wildman–Crippen MR) is 121 cm³/mol. The molecule has 1 aromatic heterocycles. The first-order valence-electron chi connectivity index (χ1n) is 10.1. The van der Waals surface area contributed by atoms with E-state index in [1.165, 1.54) is 29.4 Å². The Morgan fingerprint density at radius 1 is 1.17 bits per heavy atom. The van der Waals surface area contributed by atoms with Crippen molar-refractivity contribution in [1.29, 1.82) is 0 Å². The van der Waals surface area contributed by atoms with E-state index in [9.17, 15) is 9.59 Å². The number of benzene rings is 1. The molecule has 1 unspecified atom stereocenters. The second kappa shape index (κ2) is 9.04. The first kappa shape index (κ1) is 22.1. The van der Waals surface area contributed by atoms with Crippen LogP contribution in [0.1, 0.15) is 53.6 Å². The van der Waals surface area contributed by atoms with Gasteiger partial charge in [0.25, 0.3) is 0 Å². The lowest BCUT2D eigenvalue weighted by Gasteiger charge is -2.33. The molecule has 0 saturated carbocycles. The molecule has 1 atom stereocenters. The van der Waals surface area contributed by atoms with Gasteiger partial charge in [-0.15, -0.1) is 11.3 Å². The van der Waals surface area contributed by atoms with E-state index in [4.69, 9.17) is 9.47 Å². The van der Waals surface area contributed by atoms with Crippen LogP contribution in [-0.4, -0.2) is 26.1 Å². The molecule has 1 aliphatic rings. The number of fused-ring (bicyclic) bond motifs is 1. The van der Waals surface area contributed by atoms with Gasteiger partial charge in [-0.3, -0.25) is 4.79 Å². The third-order valence-electron chi connectivity index (χ3n) is 5.66. The highest BCUT2D eigenvalue weighted by Gasteiger charge is 2.34. The van der Waals surface area contributed by atoms with Crippen molar-refractivity contribution >= 4 is 34.3 Å². The normalized spacial score (nSPS) is 16.2. The number of nitrogens with one attached hydrogen (secondary N) is 1. The summed E-state index contributed by atoms with van der Waals surface area (Å²) >= 11 is 1.50. The zero-order chi connectivity index (χ0) is 21.9. The van der Waals surface area contributed by atoms with Crippen LogP contribution in [0.25, 0.3) is 6.08 Å². The Bertz CT molecular complexity index is 951. The molecular formula is C24H29NO4S. The van der Waals surface area contributed by atoms with Crippen molar-refractivity contribution in [2.24, 2.45) is 11.3 Å². The van der Waals surface area contributed by atoms with Crippen LogP contribution in [0.4, 0.5) is 5.00 Å². The molecule has 1 N–H and O–H groups in total. The van der Waals surface area contributed by atoms with Crippen LogP contribution in [0.15, 0.2) is 30.3 Å². The Kier molecular flexibility index (Phi) is 6.66. The lowest BCUT2D eigenvalue weighted by Crippen LogP contribution is -2.26. The molecule has 0 saturated heterocycles. The third-order valence-corrected chi connectivity index (χ3v) is 6.83. The fraction of sp³-hybridized carbons (Fsp3) is 0.417. The number of hydrogen-bond acceptors (Lipinski definition) is 5. The fourth-order valence-electron chi connectivity index (χ4n) is 3.77. The standard InChI is InChI=1S/C24H29NO4S/c1-24(2,3)16-9-12-18-19(14-16)30-22(21(18)23(27)29-5)25-20(26)13-8-15-6-10-17(28-4)11-7-15/h6-8,10-11,13,16H,9,12,14H2,1-5H3,(H,25,26). The second-order valence-corrected chi connectivity index (χ2v) is 9.71. The van der Waals surface area contributed by atoms with Crippen molar-refractivity contribution in [2.45, 2.75) is 40.0 Å². The van der Waals surface area contributed by atoms with Crippen LogP contribution in [0, 0.1) is 11.3 Å². The molecule has 1 aromatic carbocycles. The van der Waals surface area contributed by atoms with Gasteiger partial charge >= 0.3 is 5.97 Å². The molecule has 3 rings (SSSR count). The number of rotatable bonds is 5. The maximum absolute atomic E-state index is 12.5. The van der Waals surface area contributed by atoms with Crippen molar-refractivity contribution in [3.05, 3.63) is 51.9 Å². The Hall–Kier alpha value is -2.60. The molecule has 1 heterocycles. The smallest absolute Gasteiger partial charge is 0.341 e. The summed E-state index contributed by atoms with van der Waals surface area (Å²) in [7, 11) is 2.99. The van der Waals surface area contributed by atoms with E-state index in [0.717, 1.165) is 36.1 Å². The number of thiophene rings is 1. The quantitative estimate of drug-likeness (QED) is 0.516. The number of ether oxygens (including phenoxy) is 2. The lowest BCUT2D eigenvalue weighted by atomic mass is 9.72. The number of carbonyl (C=O) groups excluding carboxylic acids is 2. The van der Waals surface area contributed by atoms with Gasteiger partial charge < -0.3 is 14.8 Å². The lowest BCUT2D eigenvalue weighted by molar-refractivity contribution is -0.111. The van der Waals surface area contributed by atoms with Crippen molar-refractivity contribution in [3.63, 3.8) is 0 Å². The van der Waals surface area contributed by atoms with Crippen LogP contribution >= 0.6 is 11.3 Å². The monoisotopic (exact) mass is 427 g/mol. The van der Waals surface area contributed by atoms with Gasteiger partial charge in [0.15, 0.2) is 0 Å². The number of amides is 1. The summed E-state index contributed by atoms with van der Waals surface area (Å²) in [5.74, 6) is 0.641. The van der Waals surface area contributed by atoms with Crippen LogP contribution in [-0.2, 0) is 22.4 Å². The zero-order valence-electron chi connectivity index (χ0n) is 18.2. The third kappa shape index (κ3) is 4.93. The number of methoxy groups -OCH3 is 2. The van der Waals surface area contributed by atoms with Crippen molar-refractivity contribution in [3.8, 4) is 5.75 Å². The van der Waals surface area contributed by atoms with Crippen molar-refractivity contribution < 1.29 is 19.1 Å². The largest absolute Gasteiger partial charge is 0.497 e. The highest BCUT2D eigenvalue weighted by Crippen LogP contribution is 2.44. The molecule has 6 heteroatoms. The average Bonchev–Trinajstić information content (AvgIpc) is 3.08.